The van der Waals surface area contributed by atoms with Gasteiger partial charge in [0, 0.05) is 47.4 Å². The Morgan fingerprint density at radius 2 is 2.05 bits per heavy atom. The number of hydrogen-bond acceptors (Lipinski definition) is 5. The van der Waals surface area contributed by atoms with Gasteiger partial charge in [0.05, 0.1) is 0 Å². The fourth-order valence-corrected chi connectivity index (χ4v) is 2.08. The maximum absolute atomic E-state index is 12.0. The average molecular weight is 285 g/mol. The first-order chi connectivity index (χ1) is 9.15. The van der Waals surface area contributed by atoms with E-state index in [1.807, 2.05) is 0 Å². The van der Waals surface area contributed by atoms with E-state index in [2.05, 4.69) is 14.5 Å². The molecule has 0 unspecified atom stereocenters. The SMILES string of the molecule is NC1=C(/C=N/Sc2ccc(OC(F)F)cc2)CNC1. The number of benzene rings is 1. The van der Waals surface area contributed by atoms with E-state index in [9.17, 15) is 8.78 Å². The third-order valence-electron chi connectivity index (χ3n) is 2.46. The standard InChI is InChI=1S/C12H13F2N3OS/c13-12(14)18-9-1-3-10(4-2-9)19-17-6-8-5-16-7-11(8)15/h1-4,6,12,16H,5,7,15H2/b17-6+. The Morgan fingerprint density at radius 1 is 1.32 bits per heavy atom. The molecule has 1 heterocycles. The van der Waals surface area contributed by atoms with Gasteiger partial charge in [-0.1, -0.05) is 0 Å². The average Bonchev–Trinajstić information content (AvgIpc) is 2.77. The van der Waals surface area contributed by atoms with Crippen LogP contribution in [0.25, 0.3) is 0 Å². The van der Waals surface area contributed by atoms with Crippen molar-refractivity contribution in [2.24, 2.45) is 10.1 Å². The summed E-state index contributed by atoms with van der Waals surface area (Å²) in [7, 11) is 0. The van der Waals surface area contributed by atoms with Crippen LogP contribution >= 0.6 is 11.9 Å². The first-order valence-electron chi connectivity index (χ1n) is 5.58. The molecule has 0 fully saturated rings. The van der Waals surface area contributed by atoms with E-state index >= 15 is 0 Å². The molecule has 0 bridgehead atoms. The molecule has 19 heavy (non-hydrogen) atoms. The number of nitrogens with one attached hydrogen (secondary N) is 1. The summed E-state index contributed by atoms with van der Waals surface area (Å²) in [6.07, 6.45) is 1.71. The summed E-state index contributed by atoms with van der Waals surface area (Å²) in [6.45, 7) is -1.40. The van der Waals surface area contributed by atoms with E-state index in [1.54, 1.807) is 18.3 Å². The molecule has 1 aromatic carbocycles. The van der Waals surface area contributed by atoms with Crippen molar-refractivity contribution in [1.82, 2.24) is 5.32 Å². The number of nitrogens with two attached hydrogens (primary N) is 1. The van der Waals surface area contributed by atoms with Gasteiger partial charge < -0.3 is 15.8 Å². The van der Waals surface area contributed by atoms with E-state index < -0.39 is 6.61 Å². The van der Waals surface area contributed by atoms with E-state index in [1.165, 1.54) is 24.1 Å². The van der Waals surface area contributed by atoms with Crippen molar-refractivity contribution in [3.8, 4) is 5.75 Å². The van der Waals surface area contributed by atoms with Crippen LogP contribution < -0.4 is 15.8 Å². The van der Waals surface area contributed by atoms with Gasteiger partial charge in [0.15, 0.2) is 0 Å². The smallest absolute Gasteiger partial charge is 0.387 e. The molecule has 0 radical (unpaired) electrons. The maximum Gasteiger partial charge on any atom is 0.387 e. The summed E-state index contributed by atoms with van der Waals surface area (Å²) in [4.78, 5) is 0.836. The first-order valence-corrected chi connectivity index (χ1v) is 6.36. The quantitative estimate of drug-likeness (QED) is 0.643. The predicted octanol–water partition coefficient (Wildman–Crippen LogP) is 2.18. The van der Waals surface area contributed by atoms with E-state index in [0.29, 0.717) is 6.54 Å². The number of hydrogen-bond donors (Lipinski definition) is 2. The zero-order chi connectivity index (χ0) is 13.7. The minimum Gasteiger partial charge on any atom is -0.435 e. The molecule has 2 rings (SSSR count). The van der Waals surface area contributed by atoms with Gasteiger partial charge in [0.2, 0.25) is 0 Å². The van der Waals surface area contributed by atoms with Crippen LogP contribution in [-0.2, 0) is 0 Å². The van der Waals surface area contributed by atoms with Crippen LogP contribution in [0.1, 0.15) is 0 Å². The van der Waals surface area contributed by atoms with Crippen molar-refractivity contribution in [3.05, 3.63) is 35.5 Å². The summed E-state index contributed by atoms with van der Waals surface area (Å²) in [5, 5.41) is 3.11. The second kappa shape index (κ2) is 6.53. The maximum atomic E-state index is 12.0. The molecule has 0 amide bonds. The van der Waals surface area contributed by atoms with Crippen molar-refractivity contribution in [1.29, 1.82) is 0 Å². The normalized spacial score (nSPS) is 15.7. The molecular weight excluding hydrogens is 272 g/mol. The second-order valence-electron chi connectivity index (χ2n) is 3.83. The van der Waals surface area contributed by atoms with Gasteiger partial charge in [0.1, 0.15) is 5.75 Å². The third-order valence-corrected chi connectivity index (χ3v) is 3.15. The van der Waals surface area contributed by atoms with Crippen LogP contribution in [0, 0.1) is 0 Å². The van der Waals surface area contributed by atoms with Crippen LogP contribution in [0.3, 0.4) is 0 Å². The lowest BCUT2D eigenvalue weighted by Crippen LogP contribution is -2.11. The topological polar surface area (TPSA) is 59.6 Å². The van der Waals surface area contributed by atoms with Crippen LogP contribution in [0.2, 0.25) is 0 Å². The van der Waals surface area contributed by atoms with Gasteiger partial charge in [-0.2, -0.15) is 8.78 Å². The molecule has 1 aliphatic rings. The molecule has 0 atom stereocenters. The third kappa shape index (κ3) is 4.22. The molecule has 102 valence electrons. The van der Waals surface area contributed by atoms with Gasteiger partial charge in [-0.05, 0) is 24.3 Å². The summed E-state index contributed by atoms with van der Waals surface area (Å²) in [5.41, 5.74) is 7.53. The molecule has 0 saturated carbocycles. The molecule has 7 heteroatoms. The molecule has 1 aliphatic heterocycles. The summed E-state index contributed by atoms with van der Waals surface area (Å²) >= 11 is 1.25. The highest BCUT2D eigenvalue weighted by atomic mass is 32.2. The minimum atomic E-state index is -2.80. The van der Waals surface area contributed by atoms with Gasteiger partial charge in [0.25, 0.3) is 0 Å². The Kier molecular flexibility index (Phi) is 4.75. The molecule has 0 aliphatic carbocycles. The zero-order valence-corrected chi connectivity index (χ0v) is 10.8. The van der Waals surface area contributed by atoms with Crippen LogP contribution in [0.15, 0.2) is 44.8 Å². The molecular formula is C12H13F2N3OS. The largest absolute Gasteiger partial charge is 0.435 e. The lowest BCUT2D eigenvalue weighted by Gasteiger charge is -2.03. The van der Waals surface area contributed by atoms with Crippen molar-refractivity contribution in [2.45, 2.75) is 11.5 Å². The van der Waals surface area contributed by atoms with Crippen molar-refractivity contribution < 1.29 is 13.5 Å². The molecule has 0 aromatic heterocycles. The molecule has 0 saturated heterocycles. The number of alkyl halides is 2. The van der Waals surface area contributed by atoms with Crippen LogP contribution in [0.5, 0.6) is 5.75 Å². The molecule has 4 nitrogen and oxygen atoms in total. The highest BCUT2D eigenvalue weighted by molar-refractivity contribution is 7.98. The Morgan fingerprint density at radius 3 is 2.63 bits per heavy atom. The van der Waals surface area contributed by atoms with Gasteiger partial charge in [-0.3, -0.25) is 0 Å². The zero-order valence-electron chi connectivity index (χ0n) is 9.98. The van der Waals surface area contributed by atoms with E-state index in [-0.39, 0.29) is 5.75 Å². The van der Waals surface area contributed by atoms with Gasteiger partial charge >= 0.3 is 6.61 Å². The van der Waals surface area contributed by atoms with E-state index in [0.717, 1.165) is 22.7 Å². The molecule has 1 aromatic rings. The number of halogens is 2. The summed E-state index contributed by atoms with van der Waals surface area (Å²) in [5.74, 6) is 0.135. The lowest BCUT2D eigenvalue weighted by molar-refractivity contribution is -0.0498. The fourth-order valence-electron chi connectivity index (χ4n) is 1.52. The Labute approximate surface area is 113 Å². The molecule has 0 spiro atoms. The minimum absolute atomic E-state index is 0.135. The number of rotatable bonds is 5. The monoisotopic (exact) mass is 285 g/mol. The van der Waals surface area contributed by atoms with Crippen LogP contribution in [0.4, 0.5) is 8.78 Å². The first kappa shape index (κ1) is 13.8. The molecule has 3 N–H and O–H groups in total. The highest BCUT2D eigenvalue weighted by Crippen LogP contribution is 2.23. The predicted molar refractivity (Wildman–Crippen MR) is 71.5 cm³/mol. The lowest BCUT2D eigenvalue weighted by atomic mass is 10.3. The van der Waals surface area contributed by atoms with Crippen LogP contribution in [-0.4, -0.2) is 25.9 Å². The van der Waals surface area contributed by atoms with Crippen molar-refractivity contribution in [2.75, 3.05) is 13.1 Å². The Balaban J connectivity index is 1.89. The second-order valence-corrected chi connectivity index (χ2v) is 4.69. The summed E-state index contributed by atoms with van der Waals surface area (Å²) < 4.78 is 32.4. The fraction of sp³-hybridized carbons (Fsp3) is 0.250. The van der Waals surface area contributed by atoms with Gasteiger partial charge in [-0.25, -0.2) is 4.40 Å². The van der Waals surface area contributed by atoms with Crippen molar-refractivity contribution in [3.63, 3.8) is 0 Å². The Hall–Kier alpha value is -1.60. The summed E-state index contributed by atoms with van der Waals surface area (Å²) in [6, 6.07) is 6.30. The Bertz CT molecular complexity index is 488. The van der Waals surface area contributed by atoms with E-state index in [4.69, 9.17) is 5.73 Å². The number of nitrogens with zero attached hydrogens (tertiary/aromatic N) is 1. The van der Waals surface area contributed by atoms with Gasteiger partial charge in [-0.15, -0.1) is 0 Å². The van der Waals surface area contributed by atoms with Crippen molar-refractivity contribution >= 4 is 18.2 Å². The number of ether oxygens (including phenoxy) is 1. The highest BCUT2D eigenvalue weighted by Gasteiger charge is 2.08.